The lowest BCUT2D eigenvalue weighted by atomic mass is 9.83. The van der Waals surface area contributed by atoms with Gasteiger partial charge in [0.1, 0.15) is 11.9 Å². The Balaban J connectivity index is 1.21. The summed E-state index contributed by atoms with van der Waals surface area (Å²) in [4.78, 5) is 49.6. The molecule has 1 amide bonds. The number of hydrogen-bond donors (Lipinski definition) is 1. The number of para-hydroxylation sites is 1. The number of fused-ring (bicyclic) bond motifs is 1. The smallest absolute Gasteiger partial charge is 0.258 e. The second-order valence-corrected chi connectivity index (χ2v) is 8.97. The third-order valence-corrected chi connectivity index (χ3v) is 6.93. The molecule has 0 saturated carbocycles. The standard InChI is InChI=1S/C25H24N4O4/c30-20-9-8-15-12-29(19-7-3-5-17(20)23(15)19)25(32)21-13-28(10-11-33-21)14-22-26-18-6-2-1-4-16(18)24(31)27-22/h1-7,15,21H,8-14H2,(H,26,27,31). The largest absolute Gasteiger partial charge is 0.366 e. The highest BCUT2D eigenvalue weighted by atomic mass is 16.5. The van der Waals surface area contributed by atoms with E-state index >= 15 is 0 Å². The summed E-state index contributed by atoms with van der Waals surface area (Å²) < 4.78 is 5.87. The number of ether oxygens (including phenoxy) is 1. The zero-order chi connectivity index (χ0) is 22.5. The van der Waals surface area contributed by atoms with E-state index in [0.717, 1.165) is 23.2 Å². The molecule has 2 unspecified atom stereocenters. The maximum absolute atomic E-state index is 13.5. The molecule has 2 atom stereocenters. The zero-order valence-electron chi connectivity index (χ0n) is 18.1. The molecule has 33 heavy (non-hydrogen) atoms. The van der Waals surface area contributed by atoms with Crippen LogP contribution in [0.1, 0.15) is 40.5 Å². The first kappa shape index (κ1) is 20.3. The number of morpholine rings is 1. The molecule has 1 aliphatic carbocycles. The van der Waals surface area contributed by atoms with Crippen molar-refractivity contribution in [3.63, 3.8) is 0 Å². The lowest BCUT2D eigenvalue weighted by molar-refractivity contribution is -0.136. The number of Topliss-reactive ketones (excluding diaryl/α,β-unsaturated/α-hetero) is 1. The molecule has 3 aliphatic rings. The number of benzene rings is 2. The van der Waals surface area contributed by atoms with Gasteiger partial charge in [-0.05, 0) is 30.2 Å². The number of aromatic amines is 1. The van der Waals surface area contributed by atoms with Gasteiger partial charge in [-0.15, -0.1) is 0 Å². The fourth-order valence-electron chi connectivity index (χ4n) is 5.35. The molecule has 3 heterocycles. The van der Waals surface area contributed by atoms with Crippen LogP contribution in [0.25, 0.3) is 10.9 Å². The molecule has 8 nitrogen and oxygen atoms in total. The minimum atomic E-state index is -0.599. The number of amides is 1. The number of nitrogens with zero attached hydrogens (tertiary/aromatic N) is 3. The number of carbonyl (C=O) groups is 2. The molecule has 1 fully saturated rings. The van der Waals surface area contributed by atoms with Crippen molar-refractivity contribution < 1.29 is 14.3 Å². The van der Waals surface area contributed by atoms with Crippen LogP contribution in [0, 0.1) is 0 Å². The Hall–Kier alpha value is -3.36. The Kier molecular flexibility index (Phi) is 4.85. The third kappa shape index (κ3) is 3.46. The van der Waals surface area contributed by atoms with Crippen LogP contribution in [-0.4, -0.2) is 58.9 Å². The molecule has 168 valence electrons. The number of aromatic nitrogens is 2. The van der Waals surface area contributed by atoms with E-state index in [1.807, 2.05) is 36.4 Å². The van der Waals surface area contributed by atoms with Gasteiger partial charge >= 0.3 is 0 Å². The predicted molar refractivity (Wildman–Crippen MR) is 122 cm³/mol. The van der Waals surface area contributed by atoms with E-state index in [1.54, 1.807) is 11.0 Å². The van der Waals surface area contributed by atoms with Gasteiger partial charge in [0.15, 0.2) is 5.78 Å². The van der Waals surface area contributed by atoms with Gasteiger partial charge in [-0.1, -0.05) is 24.3 Å². The molecule has 0 radical (unpaired) electrons. The summed E-state index contributed by atoms with van der Waals surface area (Å²) in [7, 11) is 0. The fourth-order valence-corrected chi connectivity index (χ4v) is 5.35. The van der Waals surface area contributed by atoms with Gasteiger partial charge in [-0.3, -0.25) is 19.3 Å². The van der Waals surface area contributed by atoms with Crippen molar-refractivity contribution >= 4 is 28.3 Å². The predicted octanol–water partition coefficient (Wildman–Crippen LogP) is 2.23. The van der Waals surface area contributed by atoms with Gasteiger partial charge in [0.2, 0.25) is 0 Å². The second kappa shape index (κ2) is 7.90. The van der Waals surface area contributed by atoms with Crippen LogP contribution in [0.15, 0.2) is 47.3 Å². The van der Waals surface area contributed by atoms with Crippen molar-refractivity contribution in [2.24, 2.45) is 0 Å². The molecule has 1 saturated heterocycles. The SMILES string of the molecule is O=C1CCC2CN(C(=O)C3CN(Cc4nc5ccccc5c(=O)[nH]4)CCO3)c3cccc1c32. The Morgan fingerprint density at radius 2 is 2.00 bits per heavy atom. The van der Waals surface area contributed by atoms with Crippen LogP contribution in [0.5, 0.6) is 0 Å². The van der Waals surface area contributed by atoms with E-state index in [-0.39, 0.29) is 23.2 Å². The summed E-state index contributed by atoms with van der Waals surface area (Å²) >= 11 is 0. The molecule has 3 aromatic rings. The number of rotatable bonds is 3. The van der Waals surface area contributed by atoms with Crippen molar-refractivity contribution in [3.8, 4) is 0 Å². The molecule has 1 aromatic heterocycles. The average molecular weight is 444 g/mol. The molecular weight excluding hydrogens is 420 g/mol. The van der Waals surface area contributed by atoms with Crippen molar-refractivity contribution in [2.45, 2.75) is 31.4 Å². The first-order chi connectivity index (χ1) is 16.1. The summed E-state index contributed by atoms with van der Waals surface area (Å²) in [6.07, 6.45) is 0.719. The van der Waals surface area contributed by atoms with E-state index < -0.39 is 6.10 Å². The lowest BCUT2D eigenvalue weighted by Gasteiger charge is -2.33. The Bertz CT molecular complexity index is 1330. The quantitative estimate of drug-likeness (QED) is 0.666. The average Bonchev–Trinajstić information content (AvgIpc) is 3.21. The van der Waals surface area contributed by atoms with Gasteiger partial charge in [-0.25, -0.2) is 4.98 Å². The topological polar surface area (TPSA) is 95.6 Å². The fraction of sp³-hybridized carbons (Fsp3) is 0.360. The summed E-state index contributed by atoms with van der Waals surface area (Å²) in [5.41, 5.74) is 3.13. The van der Waals surface area contributed by atoms with Crippen molar-refractivity contribution in [2.75, 3.05) is 31.1 Å². The van der Waals surface area contributed by atoms with Gasteiger partial charge in [0, 0.05) is 43.2 Å². The minimum absolute atomic E-state index is 0.0742. The molecule has 8 heteroatoms. The normalized spacial score (nSPS) is 22.5. The minimum Gasteiger partial charge on any atom is -0.366 e. The van der Waals surface area contributed by atoms with Crippen molar-refractivity contribution in [3.05, 3.63) is 69.8 Å². The van der Waals surface area contributed by atoms with Crippen molar-refractivity contribution in [1.29, 1.82) is 0 Å². The number of hydrogen-bond acceptors (Lipinski definition) is 6. The molecule has 6 rings (SSSR count). The van der Waals surface area contributed by atoms with E-state index in [9.17, 15) is 14.4 Å². The van der Waals surface area contributed by atoms with E-state index in [1.165, 1.54) is 0 Å². The van der Waals surface area contributed by atoms with Crippen LogP contribution in [0.3, 0.4) is 0 Å². The zero-order valence-corrected chi connectivity index (χ0v) is 18.1. The van der Waals surface area contributed by atoms with Crippen LogP contribution < -0.4 is 10.5 Å². The molecule has 2 aromatic carbocycles. The van der Waals surface area contributed by atoms with Crippen molar-refractivity contribution in [1.82, 2.24) is 14.9 Å². The number of carbonyl (C=O) groups excluding carboxylic acids is 2. The summed E-state index contributed by atoms with van der Waals surface area (Å²) in [5.74, 6) is 0.876. The third-order valence-electron chi connectivity index (χ3n) is 6.93. The maximum Gasteiger partial charge on any atom is 0.258 e. The Morgan fingerprint density at radius 3 is 2.91 bits per heavy atom. The Labute approximate surface area is 190 Å². The monoisotopic (exact) mass is 444 g/mol. The molecule has 0 spiro atoms. The second-order valence-electron chi connectivity index (χ2n) is 8.97. The summed E-state index contributed by atoms with van der Waals surface area (Å²) in [5, 5.41) is 0.564. The van der Waals surface area contributed by atoms with Gasteiger partial charge in [0.25, 0.3) is 11.5 Å². The molecule has 2 aliphatic heterocycles. The Morgan fingerprint density at radius 1 is 1.12 bits per heavy atom. The van der Waals surface area contributed by atoms with Crippen LogP contribution >= 0.6 is 0 Å². The first-order valence-electron chi connectivity index (χ1n) is 11.4. The van der Waals surface area contributed by atoms with Crippen LogP contribution in [0.4, 0.5) is 5.69 Å². The summed E-state index contributed by atoms with van der Waals surface area (Å²) in [6, 6.07) is 12.9. The van der Waals surface area contributed by atoms with Gasteiger partial charge in [-0.2, -0.15) is 0 Å². The van der Waals surface area contributed by atoms with E-state index in [4.69, 9.17) is 4.74 Å². The van der Waals surface area contributed by atoms with Gasteiger partial charge < -0.3 is 14.6 Å². The highest BCUT2D eigenvalue weighted by Gasteiger charge is 2.41. The van der Waals surface area contributed by atoms with E-state index in [2.05, 4.69) is 14.9 Å². The number of H-pyrrole nitrogens is 1. The van der Waals surface area contributed by atoms with Gasteiger partial charge in [0.05, 0.1) is 24.1 Å². The maximum atomic E-state index is 13.5. The first-order valence-corrected chi connectivity index (χ1v) is 11.4. The lowest BCUT2D eigenvalue weighted by Crippen LogP contribution is -2.50. The number of anilines is 1. The van der Waals surface area contributed by atoms with Crippen LogP contribution in [-0.2, 0) is 16.1 Å². The number of nitrogens with one attached hydrogen (secondary N) is 1. The van der Waals surface area contributed by atoms with Crippen LogP contribution in [0.2, 0.25) is 0 Å². The molecule has 0 bridgehead atoms. The highest BCUT2D eigenvalue weighted by molar-refractivity contribution is 6.05. The summed E-state index contributed by atoms with van der Waals surface area (Å²) in [6.45, 7) is 2.53. The van der Waals surface area contributed by atoms with E-state index in [0.29, 0.717) is 55.9 Å². The molecule has 1 N–H and O–H groups in total. The highest BCUT2D eigenvalue weighted by Crippen LogP contribution is 2.44. The number of ketones is 1. The molecular formula is C25H24N4O4.